The number of benzene rings is 2. The van der Waals surface area contributed by atoms with Crippen LogP contribution in [0, 0.1) is 0 Å². The number of rotatable bonds is 3. The first-order valence-electron chi connectivity index (χ1n) is 7.98. The van der Waals surface area contributed by atoms with Gasteiger partial charge in [0.1, 0.15) is 5.75 Å². The predicted molar refractivity (Wildman–Crippen MR) is 95.8 cm³/mol. The molecule has 1 amide bonds. The third-order valence-corrected chi connectivity index (χ3v) is 5.45. The van der Waals surface area contributed by atoms with Gasteiger partial charge in [0.25, 0.3) is 5.91 Å². The maximum Gasteiger partial charge on any atom is 0.253 e. The molecule has 0 aromatic heterocycles. The van der Waals surface area contributed by atoms with Gasteiger partial charge >= 0.3 is 0 Å². The molecule has 0 saturated carbocycles. The first-order valence-corrected chi connectivity index (χ1v) is 9.88. The molecule has 25 heavy (non-hydrogen) atoms. The maximum atomic E-state index is 12.6. The fraction of sp³-hybridized carbons (Fsp3) is 0.278. The monoisotopic (exact) mass is 360 g/mol. The van der Waals surface area contributed by atoms with Crippen molar-refractivity contribution in [3.05, 3.63) is 54.1 Å². The van der Waals surface area contributed by atoms with Crippen LogP contribution >= 0.6 is 0 Å². The number of sulfone groups is 1. The molecule has 1 aliphatic rings. The molecule has 0 radical (unpaired) electrons. The summed E-state index contributed by atoms with van der Waals surface area (Å²) in [7, 11) is -3.27. The fourth-order valence-electron chi connectivity index (χ4n) is 2.91. The number of carbonyl (C=O) groups is 1. The average molecular weight is 360 g/mol. The van der Waals surface area contributed by atoms with Crippen LogP contribution in [0.2, 0.25) is 0 Å². The number of aromatic hydroxyl groups is 1. The van der Waals surface area contributed by atoms with Crippen LogP contribution in [0.1, 0.15) is 10.4 Å². The minimum absolute atomic E-state index is 0.114. The normalized spacial score (nSPS) is 15.2. The molecule has 1 saturated heterocycles. The van der Waals surface area contributed by atoms with Crippen LogP contribution in [0.3, 0.4) is 0 Å². The summed E-state index contributed by atoms with van der Waals surface area (Å²) < 4.78 is 23.0. The van der Waals surface area contributed by atoms with E-state index in [0.717, 1.165) is 11.9 Å². The molecule has 132 valence electrons. The molecule has 0 unspecified atom stereocenters. The van der Waals surface area contributed by atoms with Gasteiger partial charge in [-0.25, -0.2) is 8.42 Å². The second-order valence-electron chi connectivity index (χ2n) is 6.06. The lowest BCUT2D eigenvalue weighted by Crippen LogP contribution is -2.48. The van der Waals surface area contributed by atoms with Gasteiger partial charge in [-0.1, -0.05) is 12.1 Å². The van der Waals surface area contributed by atoms with Crippen molar-refractivity contribution in [3.8, 4) is 5.75 Å². The lowest BCUT2D eigenvalue weighted by Gasteiger charge is -2.36. The van der Waals surface area contributed by atoms with Gasteiger partial charge in [0.15, 0.2) is 9.84 Å². The molecular weight excluding hydrogens is 340 g/mol. The summed E-state index contributed by atoms with van der Waals surface area (Å²) in [6.07, 6.45) is 1.14. The van der Waals surface area contributed by atoms with E-state index in [1.54, 1.807) is 29.2 Å². The molecule has 0 aliphatic carbocycles. The zero-order valence-corrected chi connectivity index (χ0v) is 14.7. The number of amides is 1. The van der Waals surface area contributed by atoms with Gasteiger partial charge in [-0.2, -0.15) is 0 Å². The Morgan fingerprint density at radius 2 is 1.56 bits per heavy atom. The van der Waals surface area contributed by atoms with Gasteiger partial charge in [0.2, 0.25) is 0 Å². The number of nitrogens with zero attached hydrogens (tertiary/aromatic N) is 2. The Kier molecular flexibility index (Phi) is 4.67. The van der Waals surface area contributed by atoms with E-state index in [0.29, 0.717) is 31.7 Å². The van der Waals surface area contributed by atoms with Crippen LogP contribution in [0.5, 0.6) is 5.75 Å². The van der Waals surface area contributed by atoms with Gasteiger partial charge < -0.3 is 14.9 Å². The van der Waals surface area contributed by atoms with Crippen LogP contribution < -0.4 is 4.90 Å². The van der Waals surface area contributed by atoms with Gasteiger partial charge in [0, 0.05) is 38.0 Å². The zero-order chi connectivity index (χ0) is 18.0. The lowest BCUT2D eigenvalue weighted by molar-refractivity contribution is 0.0746. The highest BCUT2D eigenvalue weighted by molar-refractivity contribution is 7.90. The highest BCUT2D eigenvalue weighted by Crippen LogP contribution is 2.27. The minimum Gasteiger partial charge on any atom is -0.506 e. The summed E-state index contributed by atoms with van der Waals surface area (Å²) in [5.41, 5.74) is 1.25. The SMILES string of the molecule is CS(=O)(=O)c1ccc(C(=O)N2CCN(c3ccccc3O)CC2)cc1. The molecule has 2 aromatic rings. The quantitative estimate of drug-likeness (QED) is 0.902. The Hall–Kier alpha value is -2.54. The first kappa shape index (κ1) is 17.3. The minimum atomic E-state index is -3.27. The molecule has 6 nitrogen and oxygen atoms in total. The molecule has 1 aliphatic heterocycles. The molecule has 7 heteroatoms. The van der Waals surface area contributed by atoms with E-state index < -0.39 is 9.84 Å². The van der Waals surface area contributed by atoms with Crippen molar-refractivity contribution in [3.63, 3.8) is 0 Å². The topological polar surface area (TPSA) is 77.9 Å². The van der Waals surface area contributed by atoms with E-state index in [9.17, 15) is 18.3 Å². The number of para-hydroxylation sites is 2. The highest BCUT2D eigenvalue weighted by Gasteiger charge is 2.23. The average Bonchev–Trinajstić information content (AvgIpc) is 2.61. The van der Waals surface area contributed by atoms with Crippen molar-refractivity contribution in [2.75, 3.05) is 37.3 Å². The Morgan fingerprint density at radius 1 is 0.960 bits per heavy atom. The molecule has 1 N–H and O–H groups in total. The summed E-state index contributed by atoms with van der Waals surface area (Å²) >= 11 is 0. The van der Waals surface area contributed by atoms with E-state index >= 15 is 0 Å². The summed E-state index contributed by atoms with van der Waals surface area (Å²) in [6.45, 7) is 2.34. The van der Waals surface area contributed by atoms with Crippen molar-refractivity contribution in [1.29, 1.82) is 0 Å². The molecule has 0 bridgehead atoms. The standard InChI is InChI=1S/C18H20N2O4S/c1-25(23,24)15-8-6-14(7-9-15)18(22)20-12-10-19(11-13-20)16-4-2-3-5-17(16)21/h2-9,21H,10-13H2,1H3. The van der Waals surface area contributed by atoms with Crippen molar-refractivity contribution < 1.29 is 18.3 Å². The Labute approximate surface area is 147 Å². The number of hydrogen-bond acceptors (Lipinski definition) is 5. The molecule has 0 spiro atoms. The van der Waals surface area contributed by atoms with Crippen molar-refractivity contribution >= 4 is 21.4 Å². The number of hydrogen-bond donors (Lipinski definition) is 1. The molecule has 1 heterocycles. The lowest BCUT2D eigenvalue weighted by atomic mass is 10.1. The summed E-state index contributed by atoms with van der Waals surface area (Å²) in [5, 5.41) is 9.94. The van der Waals surface area contributed by atoms with E-state index in [1.165, 1.54) is 12.1 Å². The van der Waals surface area contributed by atoms with Crippen molar-refractivity contribution in [1.82, 2.24) is 4.90 Å². The highest BCUT2D eigenvalue weighted by atomic mass is 32.2. The van der Waals surface area contributed by atoms with Crippen LogP contribution in [0.4, 0.5) is 5.69 Å². The van der Waals surface area contributed by atoms with Gasteiger partial charge in [-0.05, 0) is 36.4 Å². The van der Waals surface area contributed by atoms with Crippen LogP contribution in [0.15, 0.2) is 53.4 Å². The Balaban J connectivity index is 1.67. The molecular formula is C18H20N2O4S. The number of phenols is 1. The number of carbonyl (C=O) groups excluding carboxylic acids is 1. The zero-order valence-electron chi connectivity index (χ0n) is 13.9. The van der Waals surface area contributed by atoms with E-state index in [1.807, 2.05) is 17.0 Å². The Morgan fingerprint density at radius 3 is 2.12 bits per heavy atom. The van der Waals surface area contributed by atoms with Gasteiger partial charge in [0.05, 0.1) is 10.6 Å². The van der Waals surface area contributed by atoms with Crippen molar-refractivity contribution in [2.24, 2.45) is 0 Å². The maximum absolute atomic E-state index is 12.6. The van der Waals surface area contributed by atoms with Crippen molar-refractivity contribution in [2.45, 2.75) is 4.90 Å². The van der Waals surface area contributed by atoms with Gasteiger partial charge in [-0.15, -0.1) is 0 Å². The number of phenolic OH excluding ortho intramolecular Hbond substituents is 1. The third-order valence-electron chi connectivity index (χ3n) is 4.32. The van der Waals surface area contributed by atoms with E-state index in [4.69, 9.17) is 0 Å². The largest absolute Gasteiger partial charge is 0.506 e. The Bertz CT molecular complexity index is 870. The smallest absolute Gasteiger partial charge is 0.253 e. The summed E-state index contributed by atoms with van der Waals surface area (Å²) in [6, 6.07) is 13.2. The van der Waals surface area contributed by atoms with Crippen LogP contribution in [-0.4, -0.2) is 56.8 Å². The second kappa shape index (κ2) is 6.76. The molecule has 0 atom stereocenters. The molecule has 3 rings (SSSR count). The van der Waals surface area contributed by atoms with Crippen LogP contribution in [0.25, 0.3) is 0 Å². The van der Waals surface area contributed by atoms with E-state index in [-0.39, 0.29) is 16.6 Å². The van der Waals surface area contributed by atoms with Crippen LogP contribution in [-0.2, 0) is 9.84 Å². The summed E-state index contributed by atoms with van der Waals surface area (Å²) in [5.74, 6) is 0.121. The van der Waals surface area contributed by atoms with E-state index in [2.05, 4.69) is 0 Å². The number of piperazine rings is 1. The molecule has 2 aromatic carbocycles. The van der Waals surface area contributed by atoms with Gasteiger partial charge in [-0.3, -0.25) is 4.79 Å². The number of anilines is 1. The first-order chi connectivity index (χ1) is 11.9. The predicted octanol–water partition coefficient (Wildman–Crippen LogP) is 1.76. The third kappa shape index (κ3) is 3.76. The molecule has 1 fully saturated rings. The second-order valence-corrected chi connectivity index (χ2v) is 8.08. The summed E-state index contributed by atoms with van der Waals surface area (Å²) in [4.78, 5) is 16.6. The fourth-order valence-corrected chi connectivity index (χ4v) is 3.54.